The second-order valence-electron chi connectivity index (χ2n) is 5.03. The van der Waals surface area contributed by atoms with E-state index in [1.165, 1.54) is 6.92 Å². The lowest BCUT2D eigenvalue weighted by molar-refractivity contribution is -0.143. The van der Waals surface area contributed by atoms with Crippen molar-refractivity contribution in [1.29, 1.82) is 0 Å². The Morgan fingerprint density at radius 3 is 2.12 bits per heavy atom. The van der Waals surface area contributed by atoms with Crippen molar-refractivity contribution in [2.45, 2.75) is 13.1 Å². The summed E-state index contributed by atoms with van der Waals surface area (Å²) >= 11 is 0. The predicted octanol–water partition coefficient (Wildman–Crippen LogP) is 2.46. The number of H-pyrrole nitrogens is 1. The van der Waals surface area contributed by atoms with Crippen molar-refractivity contribution in [3.05, 3.63) is 50.4 Å². The number of benzene rings is 1. The molecule has 0 radical (unpaired) electrons. The highest BCUT2D eigenvalue weighted by Crippen LogP contribution is 2.37. The van der Waals surface area contributed by atoms with Gasteiger partial charge in [-0.2, -0.15) is 13.2 Å². The standard InChI is InChI=1S/C14H10F7N3O2/c1-5-6(4-22-2-3-25)13(26)24(23-5)12-10(17)8(15)7(14(19,20)21)9(16)11(12)18/h4,23,25H,2-3H2,1H3. The molecular formula is C14H10F7N3O2. The number of aliphatic hydroxyl groups is 1. The van der Waals surface area contributed by atoms with Crippen LogP contribution < -0.4 is 5.56 Å². The number of rotatable bonds is 4. The van der Waals surface area contributed by atoms with E-state index in [9.17, 15) is 35.5 Å². The summed E-state index contributed by atoms with van der Waals surface area (Å²) in [7, 11) is 0. The second kappa shape index (κ2) is 6.94. The van der Waals surface area contributed by atoms with Crippen LogP contribution in [0.5, 0.6) is 0 Å². The maximum absolute atomic E-state index is 14.0. The number of nitrogens with zero attached hydrogens (tertiary/aromatic N) is 2. The number of aromatic nitrogens is 2. The third-order valence-electron chi connectivity index (χ3n) is 3.31. The van der Waals surface area contributed by atoms with Gasteiger partial charge >= 0.3 is 6.18 Å². The van der Waals surface area contributed by atoms with Gasteiger partial charge in [-0.05, 0) is 6.92 Å². The molecule has 0 amide bonds. The summed E-state index contributed by atoms with van der Waals surface area (Å²) in [5, 5.41) is 10.7. The van der Waals surface area contributed by atoms with Crippen molar-refractivity contribution in [3.63, 3.8) is 0 Å². The number of aliphatic imine (C=N–C) groups is 1. The average molecular weight is 385 g/mol. The highest BCUT2D eigenvalue weighted by Gasteiger charge is 2.43. The van der Waals surface area contributed by atoms with E-state index < -0.39 is 46.3 Å². The van der Waals surface area contributed by atoms with E-state index in [2.05, 4.69) is 10.1 Å². The van der Waals surface area contributed by atoms with E-state index in [4.69, 9.17) is 5.11 Å². The number of halogens is 7. The van der Waals surface area contributed by atoms with Crippen LogP contribution in [-0.4, -0.2) is 34.3 Å². The lowest BCUT2D eigenvalue weighted by Gasteiger charge is -2.14. The summed E-state index contributed by atoms with van der Waals surface area (Å²) in [4.78, 5) is 15.8. The molecule has 0 aliphatic heterocycles. The third-order valence-corrected chi connectivity index (χ3v) is 3.31. The molecule has 2 rings (SSSR count). The number of hydrogen-bond acceptors (Lipinski definition) is 3. The van der Waals surface area contributed by atoms with Crippen LogP contribution in [0.4, 0.5) is 30.7 Å². The van der Waals surface area contributed by atoms with Gasteiger partial charge in [0.25, 0.3) is 5.56 Å². The lowest BCUT2D eigenvalue weighted by Crippen LogP contribution is -2.23. The van der Waals surface area contributed by atoms with Gasteiger partial charge in [-0.25, -0.2) is 22.2 Å². The zero-order valence-corrected chi connectivity index (χ0v) is 12.9. The van der Waals surface area contributed by atoms with Crippen molar-refractivity contribution in [2.24, 2.45) is 4.99 Å². The van der Waals surface area contributed by atoms with Gasteiger partial charge in [-0.15, -0.1) is 0 Å². The average Bonchev–Trinajstić information content (AvgIpc) is 2.80. The Balaban J connectivity index is 2.76. The van der Waals surface area contributed by atoms with E-state index in [1.807, 2.05) is 0 Å². The van der Waals surface area contributed by atoms with E-state index in [-0.39, 0.29) is 29.1 Å². The largest absolute Gasteiger partial charge is 0.422 e. The van der Waals surface area contributed by atoms with Crippen molar-refractivity contribution in [1.82, 2.24) is 9.78 Å². The molecule has 5 nitrogen and oxygen atoms in total. The van der Waals surface area contributed by atoms with E-state index >= 15 is 0 Å². The smallest absolute Gasteiger partial charge is 0.394 e. The molecule has 142 valence electrons. The Bertz CT molecular complexity index is 899. The van der Waals surface area contributed by atoms with Gasteiger partial charge in [0.15, 0.2) is 23.3 Å². The van der Waals surface area contributed by atoms with Gasteiger partial charge in [-0.1, -0.05) is 0 Å². The number of aryl methyl sites for hydroxylation is 1. The number of aliphatic hydroxyl groups excluding tert-OH is 1. The molecule has 0 aliphatic carbocycles. The summed E-state index contributed by atoms with van der Waals surface area (Å²) in [5.41, 5.74) is -5.91. The van der Waals surface area contributed by atoms with Crippen LogP contribution in [-0.2, 0) is 6.18 Å². The molecule has 1 aromatic heterocycles. The minimum atomic E-state index is -5.69. The Morgan fingerprint density at radius 2 is 1.65 bits per heavy atom. The Hall–Kier alpha value is -2.63. The van der Waals surface area contributed by atoms with Gasteiger partial charge in [-0.3, -0.25) is 14.9 Å². The molecule has 26 heavy (non-hydrogen) atoms. The fraction of sp³-hybridized carbons (Fsp3) is 0.286. The maximum Gasteiger partial charge on any atom is 0.422 e. The van der Waals surface area contributed by atoms with Crippen LogP contribution in [0.25, 0.3) is 5.69 Å². The summed E-state index contributed by atoms with van der Waals surface area (Å²) in [6, 6.07) is 0. The molecule has 0 spiro atoms. The van der Waals surface area contributed by atoms with Crippen molar-refractivity contribution < 1.29 is 35.8 Å². The van der Waals surface area contributed by atoms with Crippen molar-refractivity contribution in [3.8, 4) is 5.69 Å². The highest BCUT2D eigenvalue weighted by atomic mass is 19.4. The van der Waals surface area contributed by atoms with Crippen LogP contribution in [0, 0.1) is 30.2 Å². The normalized spacial score (nSPS) is 12.3. The monoisotopic (exact) mass is 385 g/mol. The van der Waals surface area contributed by atoms with Gasteiger partial charge in [0.05, 0.1) is 18.7 Å². The summed E-state index contributed by atoms with van der Waals surface area (Å²) in [6.45, 7) is 0.799. The number of alkyl halides is 3. The van der Waals surface area contributed by atoms with E-state index in [0.29, 0.717) is 0 Å². The minimum absolute atomic E-state index is 0.0313. The fourth-order valence-corrected chi connectivity index (χ4v) is 2.15. The van der Waals surface area contributed by atoms with Crippen molar-refractivity contribution in [2.75, 3.05) is 13.2 Å². The maximum atomic E-state index is 14.0. The second-order valence-corrected chi connectivity index (χ2v) is 5.03. The summed E-state index contributed by atoms with van der Waals surface area (Å²) < 4.78 is 93.2. The summed E-state index contributed by atoms with van der Waals surface area (Å²) in [5.74, 6) is -10.1. The van der Waals surface area contributed by atoms with Gasteiger partial charge in [0, 0.05) is 11.9 Å². The number of aromatic amines is 1. The predicted molar refractivity (Wildman–Crippen MR) is 75.5 cm³/mol. The van der Waals surface area contributed by atoms with Crippen LogP contribution in [0.2, 0.25) is 0 Å². The topological polar surface area (TPSA) is 70.4 Å². The molecule has 0 saturated carbocycles. The number of nitrogens with one attached hydrogen (secondary N) is 1. The third kappa shape index (κ3) is 3.23. The molecule has 2 N–H and O–H groups in total. The molecule has 12 heteroatoms. The Morgan fingerprint density at radius 1 is 1.12 bits per heavy atom. The molecule has 0 bridgehead atoms. The molecule has 0 aliphatic rings. The van der Waals surface area contributed by atoms with Gasteiger partial charge < -0.3 is 5.11 Å². The molecule has 1 heterocycles. The Labute approximate surface area is 140 Å². The van der Waals surface area contributed by atoms with Crippen LogP contribution in [0.15, 0.2) is 9.79 Å². The SMILES string of the molecule is Cc1[nH]n(-c2c(F)c(F)c(C(F)(F)F)c(F)c2F)c(=O)c1C=NCCO. The van der Waals surface area contributed by atoms with Gasteiger partial charge in [0.2, 0.25) is 0 Å². The van der Waals surface area contributed by atoms with Crippen LogP contribution in [0.3, 0.4) is 0 Å². The highest BCUT2D eigenvalue weighted by molar-refractivity contribution is 5.80. The number of hydrogen-bond donors (Lipinski definition) is 2. The first kappa shape index (κ1) is 19.7. The molecular weight excluding hydrogens is 375 g/mol. The summed E-state index contributed by atoms with van der Waals surface area (Å²) in [6.07, 6.45) is -4.75. The molecule has 0 atom stereocenters. The first-order valence-corrected chi connectivity index (χ1v) is 6.88. The van der Waals surface area contributed by atoms with Crippen LogP contribution >= 0.6 is 0 Å². The lowest BCUT2D eigenvalue weighted by atomic mass is 10.1. The quantitative estimate of drug-likeness (QED) is 0.482. The fourth-order valence-electron chi connectivity index (χ4n) is 2.15. The molecule has 2 aromatic rings. The van der Waals surface area contributed by atoms with Crippen LogP contribution in [0.1, 0.15) is 16.8 Å². The zero-order chi connectivity index (χ0) is 19.8. The van der Waals surface area contributed by atoms with E-state index in [0.717, 1.165) is 6.21 Å². The minimum Gasteiger partial charge on any atom is -0.394 e. The molecule has 1 aromatic carbocycles. The zero-order valence-electron chi connectivity index (χ0n) is 12.9. The molecule has 0 unspecified atom stereocenters. The van der Waals surface area contributed by atoms with Crippen molar-refractivity contribution >= 4 is 6.21 Å². The first-order chi connectivity index (χ1) is 12.0. The molecule has 0 fully saturated rings. The van der Waals surface area contributed by atoms with Gasteiger partial charge in [0.1, 0.15) is 11.3 Å². The first-order valence-electron chi connectivity index (χ1n) is 6.88. The Kier molecular flexibility index (Phi) is 5.26. The molecule has 0 saturated heterocycles. The van der Waals surface area contributed by atoms with E-state index in [1.54, 1.807) is 0 Å².